The Bertz CT molecular complexity index is 634. The lowest BCUT2D eigenvalue weighted by Crippen LogP contribution is -2.36. The van der Waals surface area contributed by atoms with Gasteiger partial charge in [0.15, 0.2) is 6.29 Å². The standard InChI is InChI=1S/C29H50O5/c1-6-7-18-29(3,4)19-17-25(34-27-16-12-13-20-33-27)28-22(2)21-24(30)23(28)14-10-8-9-11-15-26(31)32-5/h8,10,17,19,22-25,27-28,30H,6-7,9,11-16,18,20-21H2,1-5H3/b10-8-,19-17+/t22-,23+,24?,25+,27?,28+/m1/s1. The normalized spacial score (nSPS) is 29.2. The summed E-state index contributed by atoms with van der Waals surface area (Å²) in [6, 6.07) is 0. The zero-order chi connectivity index (χ0) is 25.0. The van der Waals surface area contributed by atoms with Crippen molar-refractivity contribution in [3.05, 3.63) is 24.3 Å². The van der Waals surface area contributed by atoms with Crippen molar-refractivity contribution in [3.63, 3.8) is 0 Å². The van der Waals surface area contributed by atoms with E-state index in [-0.39, 0.29) is 41.7 Å². The number of rotatable bonds is 14. The Morgan fingerprint density at radius 3 is 2.71 bits per heavy atom. The summed E-state index contributed by atoms with van der Waals surface area (Å²) in [4.78, 5) is 11.3. The first-order valence-electron chi connectivity index (χ1n) is 13.6. The lowest BCUT2D eigenvalue weighted by Gasteiger charge is -2.34. The topological polar surface area (TPSA) is 65.0 Å². The number of hydrogen-bond donors (Lipinski definition) is 1. The van der Waals surface area contributed by atoms with Crippen molar-refractivity contribution in [3.8, 4) is 0 Å². The van der Waals surface area contributed by atoms with Gasteiger partial charge >= 0.3 is 5.97 Å². The molecule has 0 aromatic carbocycles. The Labute approximate surface area is 208 Å². The van der Waals surface area contributed by atoms with E-state index in [4.69, 9.17) is 14.2 Å². The van der Waals surface area contributed by atoms with Gasteiger partial charge in [0.05, 0.1) is 19.3 Å². The lowest BCUT2D eigenvalue weighted by molar-refractivity contribution is -0.193. The fourth-order valence-electron chi connectivity index (χ4n) is 5.44. The van der Waals surface area contributed by atoms with Crippen LogP contribution in [0.5, 0.6) is 0 Å². The predicted molar refractivity (Wildman–Crippen MR) is 137 cm³/mol. The van der Waals surface area contributed by atoms with Gasteiger partial charge in [-0.2, -0.15) is 0 Å². The molecule has 1 aliphatic carbocycles. The monoisotopic (exact) mass is 478 g/mol. The van der Waals surface area contributed by atoms with Crippen molar-refractivity contribution < 1.29 is 24.1 Å². The molecular weight excluding hydrogens is 428 g/mol. The van der Waals surface area contributed by atoms with Gasteiger partial charge in [-0.3, -0.25) is 4.79 Å². The van der Waals surface area contributed by atoms with Gasteiger partial charge < -0.3 is 19.3 Å². The average Bonchev–Trinajstić information content (AvgIpc) is 3.10. The second-order valence-corrected chi connectivity index (χ2v) is 11.0. The van der Waals surface area contributed by atoms with Gasteiger partial charge in [0.25, 0.3) is 0 Å². The summed E-state index contributed by atoms with van der Waals surface area (Å²) < 4.78 is 17.3. The third-order valence-corrected chi connectivity index (χ3v) is 7.55. The number of methoxy groups -OCH3 is 1. The number of esters is 1. The van der Waals surface area contributed by atoms with Crippen LogP contribution < -0.4 is 0 Å². The summed E-state index contributed by atoms with van der Waals surface area (Å²) >= 11 is 0. The van der Waals surface area contributed by atoms with E-state index in [9.17, 15) is 9.90 Å². The number of unbranched alkanes of at least 4 members (excludes halogenated alkanes) is 2. The molecule has 5 nitrogen and oxygen atoms in total. The molecule has 196 valence electrons. The number of aliphatic hydroxyl groups excluding tert-OH is 1. The fraction of sp³-hybridized carbons (Fsp3) is 0.828. The van der Waals surface area contributed by atoms with Crippen molar-refractivity contribution in [2.45, 2.75) is 117 Å². The molecule has 1 N–H and O–H groups in total. The maximum absolute atomic E-state index is 11.3. The minimum Gasteiger partial charge on any atom is -0.469 e. The zero-order valence-corrected chi connectivity index (χ0v) is 22.3. The molecule has 0 bridgehead atoms. The number of ether oxygens (including phenoxy) is 3. The van der Waals surface area contributed by atoms with Crippen LogP contribution >= 0.6 is 0 Å². The molecule has 2 aliphatic rings. The Hall–Kier alpha value is -1.17. The molecule has 2 rings (SSSR count). The number of carbonyl (C=O) groups is 1. The van der Waals surface area contributed by atoms with Gasteiger partial charge in [0, 0.05) is 13.0 Å². The van der Waals surface area contributed by atoms with E-state index in [2.05, 4.69) is 52.0 Å². The molecule has 0 spiro atoms. The van der Waals surface area contributed by atoms with Gasteiger partial charge in [-0.1, -0.05) is 64.8 Å². The molecule has 1 saturated carbocycles. The van der Waals surface area contributed by atoms with Crippen LogP contribution in [0.15, 0.2) is 24.3 Å². The second kappa shape index (κ2) is 15.1. The van der Waals surface area contributed by atoms with Gasteiger partial charge in [0.2, 0.25) is 0 Å². The van der Waals surface area contributed by atoms with E-state index in [0.29, 0.717) is 12.3 Å². The summed E-state index contributed by atoms with van der Waals surface area (Å²) in [7, 11) is 1.43. The maximum Gasteiger partial charge on any atom is 0.305 e. The van der Waals surface area contributed by atoms with Crippen LogP contribution in [-0.2, 0) is 19.0 Å². The molecule has 2 unspecified atom stereocenters. The number of aliphatic hydroxyl groups is 1. The van der Waals surface area contributed by atoms with Crippen LogP contribution in [0.3, 0.4) is 0 Å². The molecule has 1 heterocycles. The molecule has 2 fully saturated rings. The van der Waals surface area contributed by atoms with Crippen molar-refractivity contribution >= 4 is 5.97 Å². The van der Waals surface area contributed by atoms with E-state index in [0.717, 1.165) is 58.0 Å². The average molecular weight is 479 g/mol. The van der Waals surface area contributed by atoms with Gasteiger partial charge in [-0.15, -0.1) is 0 Å². The Kier molecular flexibility index (Phi) is 12.9. The first-order valence-corrected chi connectivity index (χ1v) is 13.6. The van der Waals surface area contributed by atoms with Crippen LogP contribution in [0.1, 0.15) is 98.3 Å². The van der Waals surface area contributed by atoms with Crippen LogP contribution in [0.25, 0.3) is 0 Å². The molecule has 1 saturated heterocycles. The molecule has 0 amide bonds. The molecule has 34 heavy (non-hydrogen) atoms. The van der Waals surface area contributed by atoms with E-state index >= 15 is 0 Å². The highest BCUT2D eigenvalue weighted by Gasteiger charge is 2.44. The summed E-state index contributed by atoms with van der Waals surface area (Å²) in [6.45, 7) is 9.86. The molecule has 0 aromatic rings. The van der Waals surface area contributed by atoms with Crippen LogP contribution in [0, 0.1) is 23.2 Å². The van der Waals surface area contributed by atoms with Crippen molar-refractivity contribution in [2.24, 2.45) is 23.2 Å². The lowest BCUT2D eigenvalue weighted by atomic mass is 9.80. The number of allylic oxidation sites excluding steroid dienone is 3. The number of carbonyl (C=O) groups excluding carboxylic acids is 1. The Morgan fingerprint density at radius 2 is 2.03 bits per heavy atom. The highest BCUT2D eigenvalue weighted by molar-refractivity contribution is 5.69. The predicted octanol–water partition coefficient (Wildman–Crippen LogP) is 6.59. The van der Waals surface area contributed by atoms with Crippen molar-refractivity contribution in [2.75, 3.05) is 13.7 Å². The zero-order valence-electron chi connectivity index (χ0n) is 22.3. The molecule has 5 heteroatoms. The quantitative estimate of drug-likeness (QED) is 0.173. The van der Waals surface area contributed by atoms with Crippen LogP contribution in [0.4, 0.5) is 0 Å². The first kappa shape index (κ1) is 29.1. The van der Waals surface area contributed by atoms with Crippen LogP contribution in [-0.4, -0.2) is 43.3 Å². The second-order valence-electron chi connectivity index (χ2n) is 11.0. The van der Waals surface area contributed by atoms with Crippen LogP contribution in [0.2, 0.25) is 0 Å². The molecule has 1 aliphatic heterocycles. The minimum atomic E-state index is -0.320. The Morgan fingerprint density at radius 1 is 1.24 bits per heavy atom. The maximum atomic E-state index is 11.3. The van der Waals surface area contributed by atoms with Gasteiger partial charge in [-0.25, -0.2) is 0 Å². The van der Waals surface area contributed by atoms with E-state index in [1.54, 1.807) is 0 Å². The summed E-state index contributed by atoms with van der Waals surface area (Å²) in [5, 5.41) is 10.9. The highest BCUT2D eigenvalue weighted by Crippen LogP contribution is 2.43. The molecule has 0 aromatic heterocycles. The van der Waals surface area contributed by atoms with Gasteiger partial charge in [0.1, 0.15) is 0 Å². The van der Waals surface area contributed by atoms with Gasteiger partial charge in [-0.05, 0) is 74.5 Å². The third kappa shape index (κ3) is 9.83. The molecule has 0 radical (unpaired) electrons. The SMILES string of the molecule is CCCCC(C)(C)/C=C/[C@H](OC1CCCCO1)[C@H]1[C@H](C)CC(O)[C@@H]1C/C=C\CCCC(=O)OC. The first-order chi connectivity index (χ1) is 16.3. The minimum absolute atomic E-state index is 0.0612. The van der Waals surface area contributed by atoms with E-state index in [1.165, 1.54) is 20.0 Å². The van der Waals surface area contributed by atoms with Crippen molar-refractivity contribution in [1.82, 2.24) is 0 Å². The van der Waals surface area contributed by atoms with E-state index < -0.39 is 0 Å². The fourth-order valence-corrected chi connectivity index (χ4v) is 5.44. The number of hydrogen-bond acceptors (Lipinski definition) is 5. The highest BCUT2D eigenvalue weighted by atomic mass is 16.7. The smallest absolute Gasteiger partial charge is 0.305 e. The Balaban J connectivity index is 2.10. The van der Waals surface area contributed by atoms with Crippen molar-refractivity contribution in [1.29, 1.82) is 0 Å². The summed E-state index contributed by atoms with van der Waals surface area (Å²) in [5.74, 6) is 0.624. The summed E-state index contributed by atoms with van der Waals surface area (Å²) in [6.07, 6.45) is 18.9. The molecule has 6 atom stereocenters. The largest absolute Gasteiger partial charge is 0.469 e. The third-order valence-electron chi connectivity index (χ3n) is 7.55. The van der Waals surface area contributed by atoms with E-state index in [1.807, 2.05) is 0 Å². The summed E-state index contributed by atoms with van der Waals surface area (Å²) in [5.41, 5.74) is 0.126. The molecular formula is C29H50O5.